The summed E-state index contributed by atoms with van der Waals surface area (Å²) >= 11 is 1.10. The Balaban J connectivity index is 1.59. The molecule has 104 valence electrons. The van der Waals surface area contributed by atoms with Crippen LogP contribution < -0.4 is 0 Å². The maximum absolute atomic E-state index is 12.3. The lowest BCUT2D eigenvalue weighted by Gasteiger charge is -2.27. The van der Waals surface area contributed by atoms with Gasteiger partial charge in [-0.1, -0.05) is 12.8 Å². The fourth-order valence-corrected chi connectivity index (χ4v) is 3.60. The molecule has 0 N–H and O–H groups in total. The van der Waals surface area contributed by atoms with Gasteiger partial charge < -0.3 is 4.90 Å². The van der Waals surface area contributed by atoms with E-state index in [0.717, 1.165) is 50.4 Å². The van der Waals surface area contributed by atoms with Gasteiger partial charge in [0.1, 0.15) is 0 Å². The van der Waals surface area contributed by atoms with Crippen LogP contribution in [0.5, 0.6) is 0 Å². The lowest BCUT2D eigenvalue weighted by Crippen LogP contribution is -2.38. The van der Waals surface area contributed by atoms with Gasteiger partial charge in [0.15, 0.2) is 5.69 Å². The van der Waals surface area contributed by atoms with Crippen molar-refractivity contribution in [3.8, 4) is 0 Å². The fourth-order valence-electron chi connectivity index (χ4n) is 3.20. The van der Waals surface area contributed by atoms with Gasteiger partial charge in [-0.15, -0.1) is 0 Å². The summed E-state index contributed by atoms with van der Waals surface area (Å²) in [6, 6.07) is 0.760. The summed E-state index contributed by atoms with van der Waals surface area (Å²) in [6.07, 6.45) is 8.06. The molecule has 2 fully saturated rings. The molecule has 1 saturated carbocycles. The molecule has 0 bridgehead atoms. The first-order valence-corrected chi connectivity index (χ1v) is 7.88. The van der Waals surface area contributed by atoms with E-state index in [0.29, 0.717) is 5.69 Å². The average molecular weight is 280 g/mol. The van der Waals surface area contributed by atoms with Crippen LogP contribution in [0.25, 0.3) is 0 Å². The van der Waals surface area contributed by atoms with Crippen molar-refractivity contribution < 1.29 is 4.79 Å². The van der Waals surface area contributed by atoms with Gasteiger partial charge in [-0.05, 0) is 19.3 Å². The molecular weight excluding hydrogens is 260 g/mol. The maximum Gasteiger partial charge on any atom is 0.275 e. The molecule has 0 aromatic carbocycles. The van der Waals surface area contributed by atoms with Crippen molar-refractivity contribution in [3.05, 3.63) is 11.9 Å². The maximum atomic E-state index is 12.3. The second-order valence-electron chi connectivity index (χ2n) is 5.41. The van der Waals surface area contributed by atoms with Gasteiger partial charge in [0.2, 0.25) is 0 Å². The van der Waals surface area contributed by atoms with E-state index < -0.39 is 0 Å². The normalized spacial score (nSPS) is 22.6. The summed E-state index contributed by atoms with van der Waals surface area (Å²) in [5, 5.41) is 0. The van der Waals surface area contributed by atoms with Crippen LogP contribution in [0.2, 0.25) is 0 Å². The number of aromatic nitrogens is 2. The van der Waals surface area contributed by atoms with Crippen LogP contribution in [0.1, 0.15) is 42.6 Å². The van der Waals surface area contributed by atoms with E-state index in [1.54, 1.807) is 6.20 Å². The van der Waals surface area contributed by atoms with Crippen molar-refractivity contribution >= 4 is 17.6 Å². The molecule has 1 aliphatic heterocycles. The molecule has 1 aliphatic carbocycles. The van der Waals surface area contributed by atoms with Crippen LogP contribution in [-0.4, -0.2) is 56.7 Å². The lowest BCUT2D eigenvalue weighted by atomic mass is 10.2. The van der Waals surface area contributed by atoms with E-state index >= 15 is 0 Å². The highest BCUT2D eigenvalue weighted by molar-refractivity contribution is 6.99. The van der Waals surface area contributed by atoms with Crippen LogP contribution in [0, 0.1) is 0 Å². The number of amides is 1. The number of rotatable bonds is 2. The van der Waals surface area contributed by atoms with E-state index in [4.69, 9.17) is 0 Å². The van der Waals surface area contributed by atoms with Crippen molar-refractivity contribution in [3.63, 3.8) is 0 Å². The predicted octanol–water partition coefficient (Wildman–Crippen LogP) is 1.63. The van der Waals surface area contributed by atoms with Gasteiger partial charge in [-0.3, -0.25) is 9.69 Å². The molecule has 3 rings (SSSR count). The van der Waals surface area contributed by atoms with E-state index in [1.807, 2.05) is 4.90 Å². The minimum Gasteiger partial charge on any atom is -0.336 e. The molecule has 1 aromatic rings. The van der Waals surface area contributed by atoms with Crippen LogP contribution >= 0.6 is 11.7 Å². The number of hydrogen-bond acceptors (Lipinski definition) is 5. The van der Waals surface area contributed by atoms with Gasteiger partial charge in [-0.2, -0.15) is 8.75 Å². The highest BCUT2D eigenvalue weighted by Gasteiger charge is 2.27. The van der Waals surface area contributed by atoms with Gasteiger partial charge in [0.05, 0.1) is 17.9 Å². The monoisotopic (exact) mass is 280 g/mol. The summed E-state index contributed by atoms with van der Waals surface area (Å²) in [5.41, 5.74) is 0.499. The first kappa shape index (κ1) is 13.0. The number of hydrogen-bond donors (Lipinski definition) is 0. The third-order valence-electron chi connectivity index (χ3n) is 4.24. The van der Waals surface area contributed by atoms with Crippen molar-refractivity contribution in [1.82, 2.24) is 18.5 Å². The number of carbonyl (C=O) groups excluding carboxylic acids is 1. The molecule has 6 heteroatoms. The highest BCUT2D eigenvalue weighted by Crippen LogP contribution is 2.24. The SMILES string of the molecule is O=C(c1cnsn1)N1CCCN(C2CCCC2)CC1. The zero-order valence-electron chi connectivity index (χ0n) is 11.1. The van der Waals surface area contributed by atoms with Crippen molar-refractivity contribution in [1.29, 1.82) is 0 Å². The second-order valence-corrected chi connectivity index (χ2v) is 5.97. The Kier molecular flexibility index (Phi) is 4.08. The minimum atomic E-state index is 0.0435. The molecule has 2 heterocycles. The summed E-state index contributed by atoms with van der Waals surface area (Å²) in [5.74, 6) is 0.0435. The largest absolute Gasteiger partial charge is 0.336 e. The molecule has 0 spiro atoms. The number of carbonyl (C=O) groups is 1. The molecule has 1 amide bonds. The summed E-state index contributed by atoms with van der Waals surface area (Å²) < 4.78 is 7.96. The highest BCUT2D eigenvalue weighted by atomic mass is 32.1. The first-order chi connectivity index (χ1) is 9.34. The molecule has 0 atom stereocenters. The van der Waals surface area contributed by atoms with Crippen molar-refractivity contribution in [2.75, 3.05) is 26.2 Å². The molecule has 1 aromatic heterocycles. The van der Waals surface area contributed by atoms with Gasteiger partial charge in [0, 0.05) is 32.2 Å². The van der Waals surface area contributed by atoms with Crippen molar-refractivity contribution in [2.45, 2.75) is 38.1 Å². The summed E-state index contributed by atoms with van der Waals surface area (Å²) in [4.78, 5) is 16.8. The molecule has 5 nitrogen and oxygen atoms in total. The topological polar surface area (TPSA) is 49.3 Å². The van der Waals surface area contributed by atoms with Crippen LogP contribution in [0.3, 0.4) is 0 Å². The lowest BCUT2D eigenvalue weighted by molar-refractivity contribution is 0.0753. The number of nitrogens with zero attached hydrogens (tertiary/aromatic N) is 4. The van der Waals surface area contributed by atoms with E-state index in [2.05, 4.69) is 13.6 Å². The molecule has 0 unspecified atom stereocenters. The average Bonchev–Trinajstić information content (AvgIpc) is 3.08. The smallest absolute Gasteiger partial charge is 0.275 e. The van der Waals surface area contributed by atoms with Gasteiger partial charge in [0.25, 0.3) is 5.91 Å². The van der Waals surface area contributed by atoms with E-state index in [9.17, 15) is 4.79 Å². The molecule has 1 saturated heterocycles. The Hall–Kier alpha value is -1.01. The Morgan fingerprint density at radius 1 is 1.16 bits per heavy atom. The van der Waals surface area contributed by atoms with Crippen LogP contribution in [0.15, 0.2) is 6.20 Å². The first-order valence-electron chi connectivity index (χ1n) is 7.15. The fraction of sp³-hybridized carbons (Fsp3) is 0.769. The minimum absolute atomic E-state index is 0.0435. The third kappa shape index (κ3) is 2.95. The standard InChI is InChI=1S/C13H20N4OS/c18-13(12-10-14-19-15-12)17-7-3-6-16(8-9-17)11-4-1-2-5-11/h10-11H,1-9H2. The quantitative estimate of drug-likeness (QED) is 0.826. The van der Waals surface area contributed by atoms with Gasteiger partial charge >= 0.3 is 0 Å². The Bertz CT molecular complexity index is 416. The molecular formula is C13H20N4OS. The molecule has 0 radical (unpaired) electrons. The zero-order valence-corrected chi connectivity index (χ0v) is 11.9. The molecule has 19 heavy (non-hydrogen) atoms. The second kappa shape index (κ2) is 5.96. The van der Waals surface area contributed by atoms with E-state index in [-0.39, 0.29) is 5.91 Å². The van der Waals surface area contributed by atoms with Gasteiger partial charge in [-0.25, -0.2) is 0 Å². The van der Waals surface area contributed by atoms with Crippen LogP contribution in [0.4, 0.5) is 0 Å². The Morgan fingerprint density at radius 3 is 2.74 bits per heavy atom. The van der Waals surface area contributed by atoms with Crippen LogP contribution in [-0.2, 0) is 0 Å². The summed E-state index contributed by atoms with van der Waals surface area (Å²) in [6.45, 7) is 3.81. The Morgan fingerprint density at radius 2 is 2.00 bits per heavy atom. The van der Waals surface area contributed by atoms with Crippen molar-refractivity contribution in [2.24, 2.45) is 0 Å². The third-order valence-corrected chi connectivity index (χ3v) is 4.72. The molecule has 2 aliphatic rings. The summed E-state index contributed by atoms with van der Waals surface area (Å²) in [7, 11) is 0. The zero-order chi connectivity index (χ0) is 13.1. The Labute approximate surface area is 117 Å². The van der Waals surface area contributed by atoms with E-state index in [1.165, 1.54) is 25.7 Å². The predicted molar refractivity (Wildman–Crippen MR) is 74.3 cm³/mol.